The molecule has 2 aromatic rings. The first-order valence-corrected chi connectivity index (χ1v) is 13.4. The minimum atomic E-state index is -0.900. The van der Waals surface area contributed by atoms with Gasteiger partial charge in [0.25, 0.3) is 0 Å². The van der Waals surface area contributed by atoms with Crippen molar-refractivity contribution >= 4 is 34.6 Å². The second kappa shape index (κ2) is 13.4. The van der Waals surface area contributed by atoms with Crippen LogP contribution in [-0.4, -0.2) is 84.5 Å². The number of thioether (sulfide) groups is 1. The highest BCUT2D eigenvalue weighted by atomic mass is 32.2. The van der Waals surface area contributed by atoms with Crippen molar-refractivity contribution in [3.05, 3.63) is 71.8 Å². The largest absolute Gasteiger partial charge is 0.379 e. The normalized spacial score (nSPS) is 19.2. The average molecular weight is 525 g/mol. The van der Waals surface area contributed by atoms with E-state index < -0.39 is 29.9 Å². The van der Waals surface area contributed by atoms with Crippen LogP contribution in [-0.2, 0) is 36.8 Å². The monoisotopic (exact) mass is 524 g/mol. The van der Waals surface area contributed by atoms with E-state index in [1.165, 1.54) is 11.8 Å². The van der Waals surface area contributed by atoms with Gasteiger partial charge in [0.15, 0.2) is 0 Å². The van der Waals surface area contributed by atoms with E-state index in [1.54, 1.807) is 0 Å². The molecule has 2 aliphatic heterocycles. The number of hydrogen-bond donors (Lipinski definition) is 3. The Balaban J connectivity index is 1.47. The van der Waals surface area contributed by atoms with Gasteiger partial charge in [-0.1, -0.05) is 72.4 Å². The Bertz CT molecular complexity index is 1080. The average Bonchev–Trinajstić information content (AvgIpc) is 2.91. The zero-order valence-corrected chi connectivity index (χ0v) is 21.4. The molecule has 2 aliphatic rings. The zero-order valence-electron chi connectivity index (χ0n) is 20.6. The van der Waals surface area contributed by atoms with Gasteiger partial charge in [-0.05, 0) is 11.1 Å². The maximum absolute atomic E-state index is 13.5. The van der Waals surface area contributed by atoms with Crippen LogP contribution in [0, 0.1) is 0 Å². The van der Waals surface area contributed by atoms with Gasteiger partial charge in [-0.3, -0.25) is 24.1 Å². The second-order valence-corrected chi connectivity index (χ2v) is 10.2. The molecule has 4 rings (SSSR count). The van der Waals surface area contributed by atoms with Crippen LogP contribution in [0.4, 0.5) is 0 Å². The van der Waals surface area contributed by atoms with E-state index in [0.29, 0.717) is 32.1 Å². The van der Waals surface area contributed by atoms with E-state index in [9.17, 15) is 19.2 Å². The predicted molar refractivity (Wildman–Crippen MR) is 141 cm³/mol. The number of nitrogens with one attached hydrogen (secondary N) is 3. The van der Waals surface area contributed by atoms with E-state index in [0.717, 1.165) is 11.1 Å². The lowest BCUT2D eigenvalue weighted by Gasteiger charge is -2.29. The Morgan fingerprint density at radius 2 is 1.43 bits per heavy atom. The quantitative estimate of drug-likeness (QED) is 0.393. The lowest BCUT2D eigenvalue weighted by molar-refractivity contribution is -0.133. The summed E-state index contributed by atoms with van der Waals surface area (Å²) in [5.74, 6) is -0.622. The molecule has 0 unspecified atom stereocenters. The summed E-state index contributed by atoms with van der Waals surface area (Å²) in [5.41, 5.74) is 1.75. The molecule has 3 atom stereocenters. The standard InChI is InChI=1S/C27H32N4O5S/c32-24(17-31-11-13-36-14-12-31)28-21(15-19-7-3-1-4-8-19)25(33)29-22(16-20-9-5-2-6-10-20)26(34)30-23-18-37-27(23)35/h1-10,21-23H,11-18H2,(H,28,32)(H,29,33)(H,30,34)/t21-,22-,23-/m0/s1. The van der Waals surface area contributed by atoms with E-state index in [-0.39, 0.29) is 30.4 Å². The summed E-state index contributed by atoms with van der Waals surface area (Å²) < 4.78 is 5.34. The molecule has 0 saturated carbocycles. The molecule has 2 aromatic carbocycles. The minimum Gasteiger partial charge on any atom is -0.379 e. The van der Waals surface area contributed by atoms with Gasteiger partial charge in [0, 0.05) is 31.7 Å². The molecule has 9 nitrogen and oxygen atoms in total. The zero-order chi connectivity index (χ0) is 26.0. The summed E-state index contributed by atoms with van der Waals surface area (Å²) in [6.45, 7) is 2.61. The Kier molecular flexibility index (Phi) is 9.70. The van der Waals surface area contributed by atoms with Gasteiger partial charge < -0.3 is 20.7 Å². The molecule has 3 amide bonds. The van der Waals surface area contributed by atoms with Crippen molar-refractivity contribution in [2.24, 2.45) is 0 Å². The number of hydrogen-bond acceptors (Lipinski definition) is 7. The van der Waals surface area contributed by atoms with Crippen molar-refractivity contribution in [1.82, 2.24) is 20.9 Å². The summed E-state index contributed by atoms with van der Waals surface area (Å²) in [5, 5.41) is 8.37. The summed E-state index contributed by atoms with van der Waals surface area (Å²) in [6, 6.07) is 16.5. The van der Waals surface area contributed by atoms with E-state index in [4.69, 9.17) is 4.74 Å². The van der Waals surface area contributed by atoms with Crippen LogP contribution < -0.4 is 16.0 Å². The maximum Gasteiger partial charge on any atom is 0.243 e. The van der Waals surface area contributed by atoms with Crippen LogP contribution in [0.15, 0.2) is 60.7 Å². The van der Waals surface area contributed by atoms with Gasteiger partial charge in [0.05, 0.1) is 19.8 Å². The van der Waals surface area contributed by atoms with Crippen molar-refractivity contribution in [3.63, 3.8) is 0 Å². The summed E-state index contributed by atoms with van der Waals surface area (Å²) >= 11 is 1.17. The van der Waals surface area contributed by atoms with E-state index in [2.05, 4.69) is 16.0 Å². The Morgan fingerprint density at radius 3 is 1.95 bits per heavy atom. The molecule has 2 saturated heterocycles. The van der Waals surface area contributed by atoms with Crippen molar-refractivity contribution in [2.45, 2.75) is 31.0 Å². The Hall–Kier alpha value is -3.21. The Morgan fingerprint density at radius 1 is 0.865 bits per heavy atom. The van der Waals surface area contributed by atoms with Crippen LogP contribution in [0.2, 0.25) is 0 Å². The molecule has 10 heteroatoms. The van der Waals surface area contributed by atoms with Crippen LogP contribution in [0.25, 0.3) is 0 Å². The molecule has 0 spiro atoms. The lowest BCUT2D eigenvalue weighted by atomic mass is 10.0. The molecule has 0 radical (unpaired) electrons. The first-order valence-electron chi connectivity index (χ1n) is 12.4. The van der Waals surface area contributed by atoms with Gasteiger partial charge in [0.1, 0.15) is 18.1 Å². The highest BCUT2D eigenvalue weighted by Gasteiger charge is 2.34. The molecule has 2 heterocycles. The minimum absolute atomic E-state index is 0.0875. The molecule has 196 valence electrons. The van der Waals surface area contributed by atoms with Crippen molar-refractivity contribution in [1.29, 1.82) is 0 Å². The van der Waals surface area contributed by atoms with Crippen LogP contribution >= 0.6 is 11.8 Å². The van der Waals surface area contributed by atoms with E-state index in [1.807, 2.05) is 65.6 Å². The Labute approximate surface area is 220 Å². The van der Waals surface area contributed by atoms with Crippen molar-refractivity contribution in [2.75, 3.05) is 38.6 Å². The molecular weight excluding hydrogens is 492 g/mol. The molecular formula is C27H32N4O5S. The SMILES string of the molecule is O=C(CN1CCOCC1)N[C@@H](Cc1ccccc1)C(=O)N[C@@H](Cc1ccccc1)C(=O)N[C@H]1CSC1=O. The highest BCUT2D eigenvalue weighted by molar-refractivity contribution is 8.16. The third-order valence-corrected chi connectivity index (χ3v) is 7.38. The van der Waals surface area contributed by atoms with Gasteiger partial charge in [-0.2, -0.15) is 0 Å². The van der Waals surface area contributed by atoms with Gasteiger partial charge in [-0.15, -0.1) is 0 Å². The lowest BCUT2D eigenvalue weighted by Crippen LogP contribution is -2.58. The fourth-order valence-electron chi connectivity index (χ4n) is 4.20. The van der Waals surface area contributed by atoms with Gasteiger partial charge in [-0.25, -0.2) is 0 Å². The summed E-state index contributed by atoms with van der Waals surface area (Å²) in [6.07, 6.45) is 0.533. The molecule has 0 bridgehead atoms. The molecule has 37 heavy (non-hydrogen) atoms. The number of nitrogens with zero attached hydrogens (tertiary/aromatic N) is 1. The summed E-state index contributed by atoms with van der Waals surface area (Å²) in [4.78, 5) is 53.2. The number of ether oxygens (including phenoxy) is 1. The third-order valence-electron chi connectivity index (χ3n) is 6.31. The number of rotatable bonds is 11. The molecule has 0 aromatic heterocycles. The fraction of sp³-hybridized carbons (Fsp3) is 0.407. The first kappa shape index (κ1) is 26.8. The molecule has 3 N–H and O–H groups in total. The van der Waals surface area contributed by atoms with Crippen LogP contribution in [0.5, 0.6) is 0 Å². The third kappa shape index (κ3) is 8.14. The van der Waals surface area contributed by atoms with Gasteiger partial charge >= 0.3 is 0 Å². The molecule has 2 fully saturated rings. The van der Waals surface area contributed by atoms with Crippen molar-refractivity contribution in [3.8, 4) is 0 Å². The number of benzene rings is 2. The van der Waals surface area contributed by atoms with Crippen LogP contribution in [0.3, 0.4) is 0 Å². The number of amides is 3. The van der Waals surface area contributed by atoms with Gasteiger partial charge in [0.2, 0.25) is 22.8 Å². The number of morpholine rings is 1. The van der Waals surface area contributed by atoms with Crippen molar-refractivity contribution < 1.29 is 23.9 Å². The summed E-state index contributed by atoms with van der Waals surface area (Å²) in [7, 11) is 0. The fourth-order valence-corrected chi connectivity index (χ4v) is 4.81. The van der Waals surface area contributed by atoms with Crippen LogP contribution in [0.1, 0.15) is 11.1 Å². The smallest absolute Gasteiger partial charge is 0.243 e. The van der Waals surface area contributed by atoms with E-state index >= 15 is 0 Å². The second-order valence-electron chi connectivity index (χ2n) is 9.14. The predicted octanol–water partition coefficient (Wildman–Crippen LogP) is 0.532. The number of carbonyl (C=O) groups excluding carboxylic acids is 4. The highest BCUT2D eigenvalue weighted by Crippen LogP contribution is 2.20. The number of carbonyl (C=O) groups is 4. The molecule has 0 aliphatic carbocycles. The topological polar surface area (TPSA) is 117 Å². The first-order chi connectivity index (χ1) is 18.0. The maximum atomic E-state index is 13.5.